The van der Waals surface area contributed by atoms with E-state index in [0.29, 0.717) is 28.2 Å². The molecule has 0 unspecified atom stereocenters. The third kappa shape index (κ3) is 5.05. The number of carbonyl (C=O) groups is 2. The van der Waals surface area contributed by atoms with Crippen molar-refractivity contribution in [1.82, 2.24) is 5.43 Å². The van der Waals surface area contributed by atoms with Crippen molar-refractivity contribution < 1.29 is 23.8 Å². The first-order valence-electron chi connectivity index (χ1n) is 10.4. The van der Waals surface area contributed by atoms with Gasteiger partial charge in [-0.1, -0.05) is 36.4 Å². The molecule has 0 aliphatic heterocycles. The van der Waals surface area contributed by atoms with Gasteiger partial charge in [0.2, 0.25) is 0 Å². The Bertz CT molecular complexity index is 1360. The number of esters is 1. The van der Waals surface area contributed by atoms with E-state index in [1.165, 1.54) is 13.3 Å². The highest BCUT2D eigenvalue weighted by Gasteiger charge is 2.13. The van der Waals surface area contributed by atoms with Gasteiger partial charge in [-0.15, -0.1) is 0 Å². The first-order valence-corrected chi connectivity index (χ1v) is 10.4. The largest absolute Gasteiger partial charge is 0.497 e. The Morgan fingerprint density at radius 3 is 2.35 bits per heavy atom. The minimum Gasteiger partial charge on any atom is -0.497 e. The highest BCUT2D eigenvalue weighted by molar-refractivity contribution is 6.07. The van der Waals surface area contributed by atoms with Gasteiger partial charge >= 0.3 is 5.97 Å². The third-order valence-electron chi connectivity index (χ3n) is 5.13. The molecule has 1 N–H and O–H groups in total. The van der Waals surface area contributed by atoms with Crippen LogP contribution in [-0.4, -0.2) is 32.3 Å². The number of rotatable bonds is 7. The molecule has 0 radical (unpaired) electrons. The number of hydrogen-bond donors (Lipinski definition) is 1. The maximum Gasteiger partial charge on any atom is 0.343 e. The van der Waals surface area contributed by atoms with Crippen LogP contribution in [0.15, 0.2) is 90.0 Å². The average molecular weight is 454 g/mol. The summed E-state index contributed by atoms with van der Waals surface area (Å²) in [5.41, 5.74) is 4.04. The summed E-state index contributed by atoms with van der Waals surface area (Å²) < 4.78 is 15.9. The van der Waals surface area contributed by atoms with Crippen LogP contribution in [0.2, 0.25) is 0 Å². The summed E-state index contributed by atoms with van der Waals surface area (Å²) in [4.78, 5) is 25.2. The monoisotopic (exact) mass is 454 g/mol. The molecule has 0 atom stereocenters. The molecule has 0 aromatic heterocycles. The predicted molar refractivity (Wildman–Crippen MR) is 130 cm³/mol. The van der Waals surface area contributed by atoms with E-state index in [-0.39, 0.29) is 11.7 Å². The summed E-state index contributed by atoms with van der Waals surface area (Å²) in [7, 11) is 3.04. The van der Waals surface area contributed by atoms with Crippen LogP contribution in [0.25, 0.3) is 10.8 Å². The average Bonchev–Trinajstić information content (AvgIpc) is 2.88. The number of carbonyl (C=O) groups excluding carboxylic acids is 2. The first-order chi connectivity index (χ1) is 16.6. The number of hydrazone groups is 1. The van der Waals surface area contributed by atoms with Gasteiger partial charge in [-0.05, 0) is 64.9 Å². The predicted octanol–water partition coefficient (Wildman–Crippen LogP) is 4.84. The van der Waals surface area contributed by atoms with Gasteiger partial charge in [0.25, 0.3) is 5.91 Å². The van der Waals surface area contributed by atoms with E-state index in [1.54, 1.807) is 55.6 Å². The lowest BCUT2D eigenvalue weighted by atomic mass is 10.0. The van der Waals surface area contributed by atoms with Gasteiger partial charge in [-0.2, -0.15) is 5.10 Å². The number of benzene rings is 4. The lowest BCUT2D eigenvalue weighted by Gasteiger charge is -2.10. The van der Waals surface area contributed by atoms with Crippen molar-refractivity contribution in [2.24, 2.45) is 5.10 Å². The second-order valence-corrected chi connectivity index (χ2v) is 7.25. The van der Waals surface area contributed by atoms with Crippen molar-refractivity contribution in [3.05, 3.63) is 102 Å². The summed E-state index contributed by atoms with van der Waals surface area (Å²) >= 11 is 0. The first kappa shape index (κ1) is 22.5. The van der Waals surface area contributed by atoms with Gasteiger partial charge in [0.15, 0.2) is 11.5 Å². The smallest absolute Gasteiger partial charge is 0.343 e. The van der Waals surface area contributed by atoms with Crippen molar-refractivity contribution in [2.75, 3.05) is 14.2 Å². The van der Waals surface area contributed by atoms with Gasteiger partial charge < -0.3 is 14.2 Å². The minimum absolute atomic E-state index is 0.229. The van der Waals surface area contributed by atoms with Crippen molar-refractivity contribution in [2.45, 2.75) is 0 Å². The zero-order valence-electron chi connectivity index (χ0n) is 18.6. The number of hydrogen-bond acceptors (Lipinski definition) is 6. The molecule has 1 amide bonds. The van der Waals surface area contributed by atoms with Crippen molar-refractivity contribution in [1.29, 1.82) is 0 Å². The maximum absolute atomic E-state index is 12.6. The number of methoxy groups -OCH3 is 2. The molecule has 0 heterocycles. The van der Waals surface area contributed by atoms with Crippen molar-refractivity contribution in [3.63, 3.8) is 0 Å². The Kier molecular flexibility index (Phi) is 6.84. The van der Waals surface area contributed by atoms with Crippen molar-refractivity contribution in [3.8, 4) is 17.2 Å². The summed E-state index contributed by atoms with van der Waals surface area (Å²) in [6.07, 6.45) is 1.47. The van der Waals surface area contributed by atoms with Crippen molar-refractivity contribution >= 4 is 28.9 Å². The fraction of sp³-hybridized carbons (Fsp3) is 0.0741. The van der Waals surface area contributed by atoms with Gasteiger partial charge in [0, 0.05) is 5.56 Å². The second-order valence-electron chi connectivity index (χ2n) is 7.25. The summed E-state index contributed by atoms with van der Waals surface area (Å²) in [6.45, 7) is 0. The molecule has 4 aromatic carbocycles. The standard InChI is InChI=1S/C27H22N2O5/c1-32-21-13-11-20(12-14-21)27(31)34-25-16-18(10-15-24(25)33-2)17-28-29-26(30)23-9-5-7-19-6-3-4-8-22(19)23/h3-17H,1-2H3,(H,29,30). The fourth-order valence-corrected chi connectivity index (χ4v) is 3.39. The summed E-state index contributed by atoms with van der Waals surface area (Å²) in [5.74, 6) is 0.386. The van der Waals surface area contributed by atoms with E-state index in [4.69, 9.17) is 14.2 Å². The summed E-state index contributed by atoms with van der Waals surface area (Å²) in [5, 5.41) is 5.87. The Balaban J connectivity index is 1.48. The molecule has 4 aromatic rings. The molecule has 0 aliphatic rings. The van der Waals surface area contributed by atoms with Gasteiger partial charge in [-0.25, -0.2) is 10.2 Å². The molecular weight excluding hydrogens is 432 g/mol. The molecule has 0 bridgehead atoms. The molecule has 170 valence electrons. The summed E-state index contributed by atoms with van der Waals surface area (Å²) in [6, 6.07) is 24.7. The number of ether oxygens (including phenoxy) is 3. The van der Waals surface area contributed by atoms with E-state index in [9.17, 15) is 9.59 Å². The Hall–Kier alpha value is -4.65. The Morgan fingerprint density at radius 2 is 1.59 bits per heavy atom. The highest BCUT2D eigenvalue weighted by Crippen LogP contribution is 2.28. The third-order valence-corrected chi connectivity index (χ3v) is 5.13. The zero-order chi connectivity index (χ0) is 23.9. The molecule has 34 heavy (non-hydrogen) atoms. The normalized spacial score (nSPS) is 10.8. The second kappa shape index (κ2) is 10.3. The number of nitrogens with zero attached hydrogens (tertiary/aromatic N) is 1. The Labute approximate surface area is 196 Å². The van der Waals surface area contributed by atoms with Gasteiger partial charge in [0.1, 0.15) is 5.75 Å². The van der Waals surface area contributed by atoms with Crippen LogP contribution in [0.5, 0.6) is 17.2 Å². The Morgan fingerprint density at radius 1 is 0.824 bits per heavy atom. The number of amides is 1. The molecule has 4 rings (SSSR count). The quantitative estimate of drug-likeness (QED) is 0.187. The van der Waals surface area contributed by atoms with Crippen LogP contribution in [0.1, 0.15) is 26.3 Å². The molecular formula is C27H22N2O5. The van der Waals surface area contributed by atoms with Crippen LogP contribution in [0, 0.1) is 0 Å². The van der Waals surface area contributed by atoms with Crippen LogP contribution >= 0.6 is 0 Å². The molecule has 0 spiro atoms. The van der Waals surface area contributed by atoms with E-state index >= 15 is 0 Å². The molecule has 0 aliphatic carbocycles. The van der Waals surface area contributed by atoms with Crippen LogP contribution < -0.4 is 19.6 Å². The molecule has 7 nitrogen and oxygen atoms in total. The van der Waals surface area contributed by atoms with Crippen LogP contribution in [-0.2, 0) is 0 Å². The SMILES string of the molecule is COc1ccc(C(=O)Oc2cc(C=NNC(=O)c3cccc4ccccc34)ccc2OC)cc1. The van der Waals surface area contributed by atoms with E-state index in [1.807, 2.05) is 36.4 Å². The maximum atomic E-state index is 12.6. The minimum atomic E-state index is -0.542. The van der Waals surface area contributed by atoms with Crippen LogP contribution in [0.3, 0.4) is 0 Å². The van der Waals surface area contributed by atoms with E-state index in [2.05, 4.69) is 10.5 Å². The molecule has 0 saturated heterocycles. The zero-order valence-corrected chi connectivity index (χ0v) is 18.6. The topological polar surface area (TPSA) is 86.2 Å². The highest BCUT2D eigenvalue weighted by atomic mass is 16.6. The van der Waals surface area contributed by atoms with Gasteiger partial charge in [0.05, 0.1) is 26.0 Å². The molecule has 0 saturated carbocycles. The van der Waals surface area contributed by atoms with Gasteiger partial charge in [-0.3, -0.25) is 4.79 Å². The lowest BCUT2D eigenvalue weighted by molar-refractivity contribution is 0.0729. The van der Waals surface area contributed by atoms with Crippen LogP contribution in [0.4, 0.5) is 0 Å². The molecule has 0 fully saturated rings. The van der Waals surface area contributed by atoms with E-state index in [0.717, 1.165) is 10.8 Å². The van der Waals surface area contributed by atoms with E-state index < -0.39 is 5.97 Å². The molecule has 7 heteroatoms. The number of nitrogens with one attached hydrogen (secondary N) is 1. The fourth-order valence-electron chi connectivity index (χ4n) is 3.39. The lowest BCUT2D eigenvalue weighted by Crippen LogP contribution is -2.18. The number of fused-ring (bicyclic) bond motifs is 1.